The third kappa shape index (κ3) is 4.90. The first-order valence-electron chi connectivity index (χ1n) is 13.5. The van der Waals surface area contributed by atoms with E-state index in [4.69, 9.17) is 9.47 Å². The highest BCUT2D eigenvalue weighted by molar-refractivity contribution is 7.16. The molecule has 7 rings (SSSR count). The van der Waals surface area contributed by atoms with Crippen molar-refractivity contribution in [1.82, 2.24) is 19.7 Å². The van der Waals surface area contributed by atoms with E-state index in [1.165, 1.54) is 17.7 Å². The second-order valence-corrected chi connectivity index (χ2v) is 11.4. The number of fused-ring (bicyclic) bond motifs is 2. The van der Waals surface area contributed by atoms with Gasteiger partial charge in [0, 0.05) is 35.0 Å². The Labute approximate surface area is 225 Å². The predicted octanol–water partition coefficient (Wildman–Crippen LogP) is 6.06. The number of rotatable bonds is 9. The van der Waals surface area contributed by atoms with Gasteiger partial charge in [-0.2, -0.15) is 0 Å². The molecule has 2 aromatic heterocycles. The van der Waals surface area contributed by atoms with Crippen molar-refractivity contribution in [1.29, 1.82) is 0 Å². The van der Waals surface area contributed by atoms with Gasteiger partial charge >= 0.3 is 0 Å². The Morgan fingerprint density at radius 3 is 2.71 bits per heavy atom. The van der Waals surface area contributed by atoms with Crippen molar-refractivity contribution < 1.29 is 14.3 Å². The molecule has 0 radical (unpaired) electrons. The lowest BCUT2D eigenvalue weighted by Crippen LogP contribution is -2.12. The Kier molecular flexibility index (Phi) is 6.08. The van der Waals surface area contributed by atoms with E-state index in [0.717, 1.165) is 73.9 Å². The first-order valence-corrected chi connectivity index (χ1v) is 14.3. The van der Waals surface area contributed by atoms with Crippen molar-refractivity contribution in [3.63, 3.8) is 0 Å². The first kappa shape index (κ1) is 23.4. The summed E-state index contributed by atoms with van der Waals surface area (Å²) in [6, 6.07) is 13.2. The van der Waals surface area contributed by atoms with Gasteiger partial charge in [-0.3, -0.25) is 10.1 Å². The van der Waals surface area contributed by atoms with Crippen LogP contribution in [-0.2, 0) is 25.8 Å². The van der Waals surface area contributed by atoms with Crippen LogP contribution >= 0.6 is 11.3 Å². The molecule has 0 bridgehead atoms. The number of nitrogens with one attached hydrogen (secondary N) is 1. The van der Waals surface area contributed by atoms with E-state index < -0.39 is 0 Å². The van der Waals surface area contributed by atoms with Crippen LogP contribution < -0.4 is 14.8 Å². The van der Waals surface area contributed by atoms with Gasteiger partial charge < -0.3 is 14.0 Å². The Morgan fingerprint density at radius 1 is 1.00 bits per heavy atom. The number of aromatic nitrogens is 4. The average molecular weight is 528 g/mol. The molecule has 2 aromatic carbocycles. The van der Waals surface area contributed by atoms with Gasteiger partial charge in [-0.05, 0) is 74.4 Å². The summed E-state index contributed by atoms with van der Waals surface area (Å²) in [6.07, 6.45) is 8.87. The van der Waals surface area contributed by atoms with Gasteiger partial charge in [0.25, 0.3) is 5.91 Å². The van der Waals surface area contributed by atoms with E-state index >= 15 is 0 Å². The largest absolute Gasteiger partial charge is 0.493 e. The number of nitrogens with zero attached hydrogens (tertiary/aromatic N) is 4. The lowest BCUT2D eigenvalue weighted by atomic mass is 10.1. The standard InChI is InChI=1S/C29H29N5O3S/c35-28(31-29-30-24-3-1-4-25(24)38-29)20-15-22(36-14-12-18-6-7-18)17-23(16-20)37-21-10-8-19(9-11-21)27-33-32-26-5-2-13-34(26)27/h8-11,15-18H,1-7,12-14H2,(H,30,31,35). The fraction of sp³-hybridized carbons (Fsp3) is 0.379. The highest BCUT2D eigenvalue weighted by Gasteiger charge is 2.22. The van der Waals surface area contributed by atoms with Gasteiger partial charge in [-0.1, -0.05) is 12.8 Å². The van der Waals surface area contributed by atoms with Crippen molar-refractivity contribution in [3.8, 4) is 28.6 Å². The van der Waals surface area contributed by atoms with Crippen LogP contribution in [0.15, 0.2) is 42.5 Å². The monoisotopic (exact) mass is 527 g/mol. The smallest absolute Gasteiger partial charge is 0.257 e. The SMILES string of the molecule is O=C(Nc1nc2c(s1)CCC2)c1cc(OCCC2CC2)cc(Oc2ccc(-c3nnc4n3CCC4)cc2)c1. The van der Waals surface area contributed by atoms with Crippen LogP contribution in [0.5, 0.6) is 17.2 Å². The van der Waals surface area contributed by atoms with Crippen LogP contribution in [-0.4, -0.2) is 32.3 Å². The molecule has 3 aliphatic rings. The number of hydrogen-bond acceptors (Lipinski definition) is 7. The number of benzene rings is 2. The maximum atomic E-state index is 13.2. The summed E-state index contributed by atoms with van der Waals surface area (Å²) in [5, 5.41) is 12.3. The Bertz CT molecular complexity index is 1470. The zero-order valence-corrected chi connectivity index (χ0v) is 21.9. The third-order valence-electron chi connectivity index (χ3n) is 7.41. The molecule has 0 unspecified atom stereocenters. The predicted molar refractivity (Wildman–Crippen MR) is 145 cm³/mol. The molecular weight excluding hydrogens is 498 g/mol. The number of anilines is 1. The van der Waals surface area contributed by atoms with Gasteiger partial charge in [0.2, 0.25) is 0 Å². The van der Waals surface area contributed by atoms with Crippen molar-refractivity contribution in [2.24, 2.45) is 5.92 Å². The summed E-state index contributed by atoms with van der Waals surface area (Å²) in [7, 11) is 0. The molecule has 1 aliphatic heterocycles. The zero-order valence-electron chi connectivity index (χ0n) is 21.1. The third-order valence-corrected chi connectivity index (χ3v) is 8.48. The molecule has 1 N–H and O–H groups in total. The second kappa shape index (κ2) is 9.87. The maximum Gasteiger partial charge on any atom is 0.257 e. The Balaban J connectivity index is 1.10. The van der Waals surface area contributed by atoms with Crippen LogP contribution in [0.3, 0.4) is 0 Å². The highest BCUT2D eigenvalue weighted by atomic mass is 32.1. The summed E-state index contributed by atoms with van der Waals surface area (Å²) < 4.78 is 14.4. The molecule has 1 amide bonds. The molecule has 1 saturated carbocycles. The Hall–Kier alpha value is -3.72. The van der Waals surface area contributed by atoms with E-state index in [2.05, 4.69) is 25.1 Å². The van der Waals surface area contributed by atoms with Gasteiger partial charge in [-0.25, -0.2) is 4.98 Å². The van der Waals surface area contributed by atoms with Crippen LogP contribution in [0.2, 0.25) is 0 Å². The highest BCUT2D eigenvalue weighted by Crippen LogP contribution is 2.34. The second-order valence-electron chi connectivity index (χ2n) is 10.3. The molecule has 0 saturated heterocycles. The normalized spacial score (nSPS) is 15.8. The molecule has 0 spiro atoms. The zero-order chi connectivity index (χ0) is 25.5. The van der Waals surface area contributed by atoms with E-state index in [-0.39, 0.29) is 5.91 Å². The molecule has 8 nitrogen and oxygen atoms in total. The van der Waals surface area contributed by atoms with E-state index in [0.29, 0.717) is 34.6 Å². The van der Waals surface area contributed by atoms with Gasteiger partial charge in [0.1, 0.15) is 23.1 Å². The van der Waals surface area contributed by atoms with Crippen molar-refractivity contribution in [3.05, 3.63) is 64.4 Å². The van der Waals surface area contributed by atoms with Gasteiger partial charge in [0.05, 0.1) is 12.3 Å². The molecule has 1 fully saturated rings. The number of carbonyl (C=O) groups excluding carboxylic acids is 1. The summed E-state index contributed by atoms with van der Waals surface area (Å²) in [5.41, 5.74) is 2.60. The van der Waals surface area contributed by atoms with Crippen molar-refractivity contribution >= 4 is 22.4 Å². The molecule has 9 heteroatoms. The van der Waals surface area contributed by atoms with E-state index in [1.54, 1.807) is 23.5 Å². The molecule has 4 aromatic rings. The van der Waals surface area contributed by atoms with Crippen LogP contribution in [0.1, 0.15) is 58.9 Å². The van der Waals surface area contributed by atoms with Gasteiger partial charge in [0.15, 0.2) is 11.0 Å². The number of aryl methyl sites for hydroxylation is 3. The van der Waals surface area contributed by atoms with E-state index in [1.807, 2.05) is 30.3 Å². The fourth-order valence-corrected chi connectivity index (χ4v) is 6.23. The van der Waals surface area contributed by atoms with Crippen LogP contribution in [0.4, 0.5) is 5.13 Å². The summed E-state index contributed by atoms with van der Waals surface area (Å²) in [4.78, 5) is 19.1. The summed E-state index contributed by atoms with van der Waals surface area (Å²) in [6.45, 7) is 1.59. The van der Waals surface area contributed by atoms with Gasteiger partial charge in [-0.15, -0.1) is 21.5 Å². The fourth-order valence-electron chi connectivity index (χ4n) is 5.18. The minimum absolute atomic E-state index is 0.217. The number of hydrogen-bond donors (Lipinski definition) is 1. The molecule has 38 heavy (non-hydrogen) atoms. The topological polar surface area (TPSA) is 91.2 Å². The number of amides is 1. The van der Waals surface area contributed by atoms with Crippen molar-refractivity contribution in [2.75, 3.05) is 11.9 Å². The number of carbonyl (C=O) groups is 1. The molecule has 0 atom stereocenters. The Morgan fingerprint density at radius 2 is 1.87 bits per heavy atom. The van der Waals surface area contributed by atoms with Crippen LogP contribution in [0.25, 0.3) is 11.4 Å². The van der Waals surface area contributed by atoms with Crippen molar-refractivity contribution in [2.45, 2.75) is 57.9 Å². The lowest BCUT2D eigenvalue weighted by molar-refractivity contribution is 0.102. The number of ether oxygens (including phenoxy) is 2. The first-order chi connectivity index (χ1) is 18.7. The minimum Gasteiger partial charge on any atom is -0.493 e. The minimum atomic E-state index is -0.217. The summed E-state index contributed by atoms with van der Waals surface area (Å²) in [5.74, 6) is 4.35. The maximum absolute atomic E-state index is 13.2. The molecular formula is C29H29N5O3S. The molecule has 194 valence electrons. The molecule has 3 heterocycles. The lowest BCUT2D eigenvalue weighted by Gasteiger charge is -2.12. The van der Waals surface area contributed by atoms with E-state index in [9.17, 15) is 4.79 Å². The summed E-state index contributed by atoms with van der Waals surface area (Å²) >= 11 is 1.57. The molecule has 2 aliphatic carbocycles. The van der Waals surface area contributed by atoms with Crippen LogP contribution in [0, 0.1) is 5.92 Å². The average Bonchev–Trinajstić information content (AvgIpc) is 3.24. The quantitative estimate of drug-likeness (QED) is 0.285. The number of thiazole rings is 1.